The highest BCUT2D eigenvalue weighted by Crippen LogP contribution is 2.41. The van der Waals surface area contributed by atoms with E-state index in [0.717, 1.165) is 18.4 Å². The minimum absolute atomic E-state index is 0.221. The first kappa shape index (κ1) is 9.36. The molecule has 15 heavy (non-hydrogen) atoms. The Hall–Kier alpha value is -0.870. The third-order valence-corrected chi connectivity index (χ3v) is 3.31. The summed E-state index contributed by atoms with van der Waals surface area (Å²) in [6.45, 7) is 1.15. The van der Waals surface area contributed by atoms with Crippen LogP contribution < -0.4 is 0 Å². The van der Waals surface area contributed by atoms with Gasteiger partial charge in [-0.3, -0.25) is 4.79 Å². The molecule has 4 heteroatoms. The number of Topliss-reactive ketones (excluding diaryl/α,β-unsaturated/α-hetero) is 1. The summed E-state index contributed by atoms with van der Waals surface area (Å²) in [5.41, 5.74) is 0.825. The van der Waals surface area contributed by atoms with Crippen molar-refractivity contribution in [2.45, 2.75) is 31.7 Å². The van der Waals surface area contributed by atoms with E-state index < -0.39 is 5.97 Å². The van der Waals surface area contributed by atoms with Crippen molar-refractivity contribution in [1.29, 1.82) is 0 Å². The fourth-order valence-electron chi connectivity index (χ4n) is 2.54. The molecule has 0 unspecified atom stereocenters. The molecule has 2 aliphatic heterocycles. The summed E-state index contributed by atoms with van der Waals surface area (Å²) in [4.78, 5) is 11.6. The third-order valence-electron chi connectivity index (χ3n) is 3.31. The van der Waals surface area contributed by atoms with Crippen LogP contribution in [-0.4, -0.2) is 25.0 Å². The molecular formula is C11H14O4. The second kappa shape index (κ2) is 3.32. The molecule has 0 aromatic rings. The van der Waals surface area contributed by atoms with E-state index in [1.807, 2.05) is 0 Å². The molecule has 82 valence electrons. The monoisotopic (exact) mass is 210 g/mol. The minimum atomic E-state index is -0.883. The van der Waals surface area contributed by atoms with Crippen LogP contribution in [0.4, 0.5) is 0 Å². The standard InChI is InChI=1S/C11H14O4/c12-10-3-1-2-8-6-11(13-4-5-14-11)15-7-9(8)10/h7-8H,1-6H2/t8-/m1/s1. The highest BCUT2D eigenvalue weighted by Gasteiger charge is 2.46. The summed E-state index contributed by atoms with van der Waals surface area (Å²) in [5.74, 6) is -0.400. The van der Waals surface area contributed by atoms with Gasteiger partial charge in [-0.2, -0.15) is 0 Å². The van der Waals surface area contributed by atoms with E-state index in [1.54, 1.807) is 6.26 Å². The Bertz CT molecular complexity index is 315. The van der Waals surface area contributed by atoms with E-state index in [4.69, 9.17) is 14.2 Å². The average molecular weight is 210 g/mol. The van der Waals surface area contributed by atoms with Gasteiger partial charge in [-0.25, -0.2) is 0 Å². The molecule has 3 rings (SSSR count). The average Bonchev–Trinajstić information content (AvgIpc) is 2.66. The Kier molecular flexibility index (Phi) is 2.07. The van der Waals surface area contributed by atoms with E-state index in [0.29, 0.717) is 26.1 Å². The zero-order valence-corrected chi connectivity index (χ0v) is 8.53. The van der Waals surface area contributed by atoms with Crippen LogP contribution >= 0.6 is 0 Å². The molecule has 1 aliphatic carbocycles. The van der Waals surface area contributed by atoms with Gasteiger partial charge in [0, 0.05) is 18.4 Å². The smallest absolute Gasteiger partial charge is 0.327 e. The van der Waals surface area contributed by atoms with Crippen molar-refractivity contribution in [3.8, 4) is 0 Å². The first-order valence-electron chi connectivity index (χ1n) is 5.48. The third kappa shape index (κ3) is 1.48. The molecular weight excluding hydrogens is 196 g/mol. The summed E-state index contributed by atoms with van der Waals surface area (Å²) in [6, 6.07) is 0. The fourth-order valence-corrected chi connectivity index (χ4v) is 2.54. The van der Waals surface area contributed by atoms with Crippen molar-refractivity contribution in [2.24, 2.45) is 5.92 Å². The lowest BCUT2D eigenvalue weighted by molar-refractivity contribution is -0.320. The van der Waals surface area contributed by atoms with Gasteiger partial charge in [-0.05, 0) is 18.8 Å². The minimum Gasteiger partial charge on any atom is -0.446 e. The molecule has 3 aliphatic rings. The zero-order chi connectivity index (χ0) is 10.3. The molecule has 0 N–H and O–H groups in total. The van der Waals surface area contributed by atoms with Gasteiger partial charge in [0.25, 0.3) is 0 Å². The molecule has 1 saturated carbocycles. The van der Waals surface area contributed by atoms with E-state index in [-0.39, 0.29) is 11.7 Å². The SMILES string of the molecule is O=C1CCC[C@@H]2CC3(OC=C12)OCCO3. The van der Waals surface area contributed by atoms with Crippen molar-refractivity contribution in [3.63, 3.8) is 0 Å². The van der Waals surface area contributed by atoms with E-state index in [2.05, 4.69) is 0 Å². The summed E-state index contributed by atoms with van der Waals surface area (Å²) in [5, 5.41) is 0. The van der Waals surface area contributed by atoms with Gasteiger partial charge in [0.1, 0.15) is 0 Å². The lowest BCUT2D eigenvalue weighted by Gasteiger charge is -2.36. The summed E-state index contributed by atoms with van der Waals surface area (Å²) < 4.78 is 16.4. The summed E-state index contributed by atoms with van der Waals surface area (Å²) >= 11 is 0. The first-order valence-corrected chi connectivity index (χ1v) is 5.48. The van der Waals surface area contributed by atoms with Crippen LogP contribution in [0.1, 0.15) is 25.7 Å². The molecule has 0 bridgehead atoms. The van der Waals surface area contributed by atoms with Crippen LogP contribution in [0.3, 0.4) is 0 Å². The van der Waals surface area contributed by atoms with Crippen LogP contribution in [0.25, 0.3) is 0 Å². The Labute approximate surface area is 88.2 Å². The quantitative estimate of drug-likeness (QED) is 0.605. The number of hydrogen-bond donors (Lipinski definition) is 0. The molecule has 1 spiro atoms. The van der Waals surface area contributed by atoms with Crippen molar-refractivity contribution in [3.05, 3.63) is 11.8 Å². The molecule has 2 fully saturated rings. The van der Waals surface area contributed by atoms with Crippen LogP contribution in [0, 0.1) is 5.92 Å². The number of rotatable bonds is 0. The maximum absolute atomic E-state index is 11.6. The van der Waals surface area contributed by atoms with Crippen molar-refractivity contribution < 1.29 is 19.0 Å². The largest absolute Gasteiger partial charge is 0.446 e. The lowest BCUT2D eigenvalue weighted by Crippen LogP contribution is -2.40. The molecule has 0 aromatic carbocycles. The molecule has 1 saturated heterocycles. The predicted octanol–water partition coefficient (Wildman–Crippen LogP) is 1.36. The molecule has 0 radical (unpaired) electrons. The molecule has 0 aromatic heterocycles. The number of allylic oxidation sites excluding steroid dienone is 1. The first-order chi connectivity index (χ1) is 7.29. The highest BCUT2D eigenvalue weighted by molar-refractivity contribution is 5.96. The fraction of sp³-hybridized carbons (Fsp3) is 0.727. The van der Waals surface area contributed by atoms with Gasteiger partial charge in [-0.15, -0.1) is 0 Å². The summed E-state index contributed by atoms with van der Waals surface area (Å²) in [6.07, 6.45) is 4.87. The number of fused-ring (bicyclic) bond motifs is 1. The second-order valence-electron chi connectivity index (χ2n) is 4.29. The van der Waals surface area contributed by atoms with Crippen molar-refractivity contribution in [1.82, 2.24) is 0 Å². The second-order valence-corrected chi connectivity index (χ2v) is 4.29. The van der Waals surface area contributed by atoms with Gasteiger partial charge in [-0.1, -0.05) is 0 Å². The lowest BCUT2D eigenvalue weighted by atomic mass is 9.80. The maximum Gasteiger partial charge on any atom is 0.327 e. The van der Waals surface area contributed by atoms with Gasteiger partial charge < -0.3 is 14.2 Å². The van der Waals surface area contributed by atoms with Crippen LogP contribution in [0.2, 0.25) is 0 Å². The van der Waals surface area contributed by atoms with E-state index >= 15 is 0 Å². The Morgan fingerprint density at radius 3 is 2.93 bits per heavy atom. The number of ether oxygens (including phenoxy) is 3. The molecule has 1 atom stereocenters. The van der Waals surface area contributed by atoms with Gasteiger partial charge in [0.2, 0.25) is 0 Å². The summed E-state index contributed by atoms with van der Waals surface area (Å²) in [7, 11) is 0. The Morgan fingerprint density at radius 2 is 2.13 bits per heavy atom. The maximum atomic E-state index is 11.6. The van der Waals surface area contributed by atoms with Crippen LogP contribution in [0.5, 0.6) is 0 Å². The van der Waals surface area contributed by atoms with Crippen LogP contribution in [-0.2, 0) is 19.0 Å². The van der Waals surface area contributed by atoms with Gasteiger partial charge in [0.15, 0.2) is 5.78 Å². The number of carbonyl (C=O) groups is 1. The Balaban J connectivity index is 1.85. The van der Waals surface area contributed by atoms with Crippen LogP contribution in [0.15, 0.2) is 11.8 Å². The van der Waals surface area contributed by atoms with Gasteiger partial charge >= 0.3 is 5.97 Å². The normalized spacial score (nSPS) is 33.5. The molecule has 0 amide bonds. The van der Waals surface area contributed by atoms with Crippen molar-refractivity contribution in [2.75, 3.05) is 13.2 Å². The zero-order valence-electron chi connectivity index (χ0n) is 8.53. The Morgan fingerprint density at radius 1 is 1.33 bits per heavy atom. The highest BCUT2D eigenvalue weighted by atomic mass is 16.9. The molecule has 2 heterocycles. The van der Waals surface area contributed by atoms with E-state index in [9.17, 15) is 4.79 Å². The topological polar surface area (TPSA) is 44.8 Å². The van der Waals surface area contributed by atoms with E-state index in [1.165, 1.54) is 0 Å². The molecule has 4 nitrogen and oxygen atoms in total. The number of ketones is 1. The van der Waals surface area contributed by atoms with Crippen molar-refractivity contribution >= 4 is 5.78 Å². The number of hydrogen-bond acceptors (Lipinski definition) is 4. The predicted molar refractivity (Wildman–Crippen MR) is 50.8 cm³/mol. The van der Waals surface area contributed by atoms with Gasteiger partial charge in [0.05, 0.1) is 19.5 Å². The number of carbonyl (C=O) groups excluding carboxylic acids is 1.